The first kappa shape index (κ1) is 33.1. The summed E-state index contributed by atoms with van der Waals surface area (Å²) in [5.41, 5.74) is 1.20. The Morgan fingerprint density at radius 1 is 0.978 bits per heavy atom. The predicted molar refractivity (Wildman–Crippen MR) is 175 cm³/mol. The van der Waals surface area contributed by atoms with E-state index >= 15 is 0 Å². The number of fused-ring (bicyclic) bond motifs is 5. The summed E-state index contributed by atoms with van der Waals surface area (Å²) >= 11 is 0. The Bertz CT molecular complexity index is 1320. The van der Waals surface area contributed by atoms with Gasteiger partial charge in [-0.2, -0.15) is 0 Å². The van der Waals surface area contributed by atoms with Crippen LogP contribution in [0.3, 0.4) is 0 Å². The SMILES string of the molecule is CC[C@@H]1C2C[C@H](O)CCC2(C)C2CCC3(C)C(CCC3[C@H](C)COC(=O)NS(=O)(=O)c3ccc(N4CCCCC4)cc3)C2[C@@H]1O. The highest BCUT2D eigenvalue weighted by Crippen LogP contribution is 2.69. The molecular formula is C36H56N2O6S. The number of rotatable bonds is 7. The Hall–Kier alpha value is -1.84. The van der Waals surface area contributed by atoms with Crippen LogP contribution in [0.5, 0.6) is 0 Å². The number of nitrogens with zero attached hydrogens (tertiary/aromatic N) is 1. The van der Waals surface area contributed by atoms with Crippen LogP contribution >= 0.6 is 0 Å². The number of carbonyl (C=O) groups excluding carboxylic acids is 1. The molecule has 9 heteroatoms. The second-order valence-corrected chi connectivity index (χ2v) is 17.5. The molecule has 252 valence electrons. The van der Waals surface area contributed by atoms with E-state index in [0.717, 1.165) is 83.0 Å². The van der Waals surface area contributed by atoms with Gasteiger partial charge in [-0.05, 0) is 141 Å². The Morgan fingerprint density at radius 2 is 1.64 bits per heavy atom. The molecule has 0 radical (unpaired) electrons. The lowest BCUT2D eigenvalue weighted by Crippen LogP contribution is -2.62. The van der Waals surface area contributed by atoms with Crippen molar-refractivity contribution in [3.05, 3.63) is 24.3 Å². The largest absolute Gasteiger partial charge is 0.449 e. The van der Waals surface area contributed by atoms with E-state index in [2.05, 4.69) is 37.3 Å². The summed E-state index contributed by atoms with van der Waals surface area (Å²) in [7, 11) is -4.04. The van der Waals surface area contributed by atoms with Gasteiger partial charge in [-0.1, -0.05) is 34.1 Å². The molecule has 7 unspecified atom stereocenters. The average Bonchev–Trinajstić information content (AvgIpc) is 3.38. The van der Waals surface area contributed by atoms with E-state index in [9.17, 15) is 23.4 Å². The number of hydrogen-bond donors (Lipinski definition) is 3. The highest BCUT2D eigenvalue weighted by Gasteiger charge is 2.65. The molecule has 4 aliphatic carbocycles. The molecule has 1 amide bonds. The van der Waals surface area contributed by atoms with Crippen molar-refractivity contribution in [1.82, 2.24) is 4.72 Å². The van der Waals surface area contributed by atoms with E-state index in [4.69, 9.17) is 4.74 Å². The molecule has 1 aromatic rings. The highest BCUT2D eigenvalue weighted by molar-refractivity contribution is 7.90. The van der Waals surface area contributed by atoms with Crippen molar-refractivity contribution in [3.63, 3.8) is 0 Å². The molecule has 0 spiro atoms. The van der Waals surface area contributed by atoms with Crippen molar-refractivity contribution in [2.24, 2.45) is 52.3 Å². The van der Waals surface area contributed by atoms with Crippen LogP contribution in [0, 0.1) is 52.3 Å². The van der Waals surface area contributed by atoms with Gasteiger partial charge in [-0.25, -0.2) is 17.9 Å². The van der Waals surface area contributed by atoms with Crippen molar-refractivity contribution >= 4 is 21.8 Å². The van der Waals surface area contributed by atoms with Crippen LogP contribution in [0.15, 0.2) is 29.2 Å². The summed E-state index contributed by atoms with van der Waals surface area (Å²) in [6, 6.07) is 6.73. The quantitative estimate of drug-likeness (QED) is 0.317. The number of hydrogen-bond acceptors (Lipinski definition) is 7. The number of benzene rings is 1. The first-order valence-electron chi connectivity index (χ1n) is 17.8. The molecule has 0 bridgehead atoms. The second-order valence-electron chi connectivity index (χ2n) is 15.8. The number of amides is 1. The summed E-state index contributed by atoms with van der Waals surface area (Å²) in [6.07, 6.45) is 9.92. The van der Waals surface area contributed by atoms with E-state index in [-0.39, 0.29) is 52.3 Å². The van der Waals surface area contributed by atoms with Crippen LogP contribution in [-0.2, 0) is 14.8 Å². The van der Waals surface area contributed by atoms with E-state index in [1.54, 1.807) is 12.1 Å². The van der Waals surface area contributed by atoms with Crippen molar-refractivity contribution in [1.29, 1.82) is 0 Å². The molecule has 1 aliphatic heterocycles. The monoisotopic (exact) mass is 644 g/mol. The van der Waals surface area contributed by atoms with Crippen molar-refractivity contribution in [2.45, 2.75) is 115 Å². The fourth-order valence-corrected chi connectivity index (χ4v) is 12.3. The van der Waals surface area contributed by atoms with Crippen LogP contribution in [-0.4, -0.2) is 56.6 Å². The van der Waals surface area contributed by atoms with Crippen LogP contribution in [0.1, 0.15) is 98.3 Å². The summed E-state index contributed by atoms with van der Waals surface area (Å²) in [4.78, 5) is 15.1. The molecule has 8 nitrogen and oxygen atoms in total. The molecule has 1 aromatic carbocycles. The number of carbonyl (C=O) groups is 1. The lowest BCUT2D eigenvalue weighted by Gasteiger charge is -2.64. The van der Waals surface area contributed by atoms with Gasteiger partial charge in [-0.3, -0.25) is 0 Å². The summed E-state index contributed by atoms with van der Waals surface area (Å²) < 4.78 is 33.6. The first-order valence-corrected chi connectivity index (χ1v) is 19.3. The molecular weight excluding hydrogens is 588 g/mol. The molecule has 5 fully saturated rings. The predicted octanol–water partition coefficient (Wildman–Crippen LogP) is 6.35. The average molecular weight is 645 g/mol. The lowest BCUT2D eigenvalue weighted by atomic mass is 9.41. The van der Waals surface area contributed by atoms with E-state index in [1.807, 2.05) is 12.1 Å². The molecule has 45 heavy (non-hydrogen) atoms. The third-order valence-corrected chi connectivity index (χ3v) is 15.0. The maximum atomic E-state index is 13.0. The minimum atomic E-state index is -4.04. The van der Waals surface area contributed by atoms with Crippen LogP contribution < -0.4 is 9.62 Å². The molecule has 5 aliphatic rings. The molecule has 11 atom stereocenters. The van der Waals surface area contributed by atoms with Gasteiger partial charge >= 0.3 is 6.09 Å². The number of anilines is 1. The Morgan fingerprint density at radius 3 is 2.33 bits per heavy atom. The van der Waals surface area contributed by atoms with Crippen molar-refractivity contribution in [2.75, 3.05) is 24.6 Å². The Kier molecular flexibility index (Phi) is 9.29. The smallest absolute Gasteiger partial charge is 0.421 e. The number of ether oxygens (including phenoxy) is 1. The van der Waals surface area contributed by atoms with Gasteiger partial charge in [0.2, 0.25) is 0 Å². The highest BCUT2D eigenvalue weighted by atomic mass is 32.2. The molecule has 1 heterocycles. The zero-order valence-electron chi connectivity index (χ0n) is 27.8. The fraction of sp³-hybridized carbons (Fsp3) is 0.806. The van der Waals surface area contributed by atoms with Gasteiger partial charge < -0.3 is 19.8 Å². The third kappa shape index (κ3) is 5.92. The topological polar surface area (TPSA) is 116 Å². The summed E-state index contributed by atoms with van der Waals surface area (Å²) in [5.74, 6) is 2.16. The summed E-state index contributed by atoms with van der Waals surface area (Å²) in [6.45, 7) is 11.3. The standard InChI is InChI=1S/C36H56N2O6S/c1-5-27-31-21-25(39)15-17-36(31,4)30-16-18-35(3)28(13-14-29(35)32(30)33(27)40)23(2)22-44-34(41)37-45(42,43)26-11-9-24(10-12-26)38-19-7-6-8-20-38/h9-12,23,25,27-33,39-40H,5-8,13-22H2,1-4H3,(H,37,41)/t23-,25-,27-,28?,29?,30?,31?,32?,33-,35?,36?/m1/s1. The van der Waals surface area contributed by atoms with Gasteiger partial charge in [0.05, 0.1) is 23.7 Å². The maximum Gasteiger partial charge on any atom is 0.421 e. The van der Waals surface area contributed by atoms with E-state index < -0.39 is 16.1 Å². The summed E-state index contributed by atoms with van der Waals surface area (Å²) in [5, 5.41) is 22.5. The first-order chi connectivity index (χ1) is 21.4. The molecule has 0 aromatic heterocycles. The lowest BCUT2D eigenvalue weighted by molar-refractivity contribution is -0.203. The van der Waals surface area contributed by atoms with Gasteiger partial charge in [0, 0.05) is 18.8 Å². The van der Waals surface area contributed by atoms with Crippen LogP contribution in [0.2, 0.25) is 0 Å². The number of nitrogens with one attached hydrogen (secondary N) is 1. The molecule has 6 rings (SSSR count). The zero-order chi connectivity index (χ0) is 32.1. The molecule has 1 saturated heterocycles. The van der Waals surface area contributed by atoms with Gasteiger partial charge in [-0.15, -0.1) is 0 Å². The number of sulfonamides is 1. The van der Waals surface area contributed by atoms with E-state index in [0.29, 0.717) is 23.7 Å². The van der Waals surface area contributed by atoms with Gasteiger partial charge in [0.15, 0.2) is 0 Å². The maximum absolute atomic E-state index is 13.0. The van der Waals surface area contributed by atoms with E-state index in [1.165, 1.54) is 6.42 Å². The Labute approximate surface area is 270 Å². The molecule has 4 saturated carbocycles. The normalized spacial score (nSPS) is 40.5. The minimum absolute atomic E-state index is 0.0409. The number of piperidine rings is 1. The van der Waals surface area contributed by atoms with Gasteiger partial charge in [0.25, 0.3) is 10.0 Å². The second kappa shape index (κ2) is 12.6. The van der Waals surface area contributed by atoms with Crippen LogP contribution in [0.4, 0.5) is 10.5 Å². The van der Waals surface area contributed by atoms with Crippen molar-refractivity contribution < 1.29 is 28.2 Å². The minimum Gasteiger partial charge on any atom is -0.449 e. The fourth-order valence-electron chi connectivity index (χ4n) is 11.4. The zero-order valence-corrected chi connectivity index (χ0v) is 28.6. The van der Waals surface area contributed by atoms with Gasteiger partial charge in [0.1, 0.15) is 0 Å². The Balaban J connectivity index is 1.08. The third-order valence-electron chi connectivity index (χ3n) is 13.7. The number of aliphatic hydroxyl groups excluding tert-OH is 2. The van der Waals surface area contributed by atoms with Crippen LogP contribution in [0.25, 0.3) is 0 Å². The van der Waals surface area contributed by atoms with Crippen molar-refractivity contribution in [3.8, 4) is 0 Å². The molecule has 3 N–H and O–H groups in total. The number of aliphatic hydroxyl groups is 2.